The molecule has 248 valence electrons. The highest BCUT2D eigenvalue weighted by molar-refractivity contribution is 7.92. The molecule has 10 heteroatoms. The Kier molecular flexibility index (Phi) is 8.29. The fourth-order valence-electron chi connectivity index (χ4n) is 7.83. The number of thiophene rings is 1. The van der Waals surface area contributed by atoms with Gasteiger partial charge in [0.1, 0.15) is 5.82 Å². The summed E-state index contributed by atoms with van der Waals surface area (Å²) in [6.07, 6.45) is 11.3. The second kappa shape index (κ2) is 12.6. The van der Waals surface area contributed by atoms with Crippen molar-refractivity contribution >= 4 is 37.1 Å². The topological polar surface area (TPSA) is 107 Å². The maximum atomic E-state index is 14.3. The Hall–Kier alpha value is -3.73. The summed E-state index contributed by atoms with van der Waals surface area (Å²) < 4.78 is 35.2. The van der Waals surface area contributed by atoms with Crippen molar-refractivity contribution in [2.24, 2.45) is 11.8 Å². The first-order valence-corrected chi connectivity index (χ1v) is 19.6. The summed E-state index contributed by atoms with van der Waals surface area (Å²) in [7, 11) is -3.60. The van der Waals surface area contributed by atoms with Crippen LogP contribution in [0.4, 0.5) is 5.82 Å². The minimum atomic E-state index is -3.60. The van der Waals surface area contributed by atoms with Gasteiger partial charge in [-0.15, -0.1) is 11.3 Å². The maximum absolute atomic E-state index is 14.3. The van der Waals surface area contributed by atoms with E-state index >= 15 is 0 Å². The molecule has 2 aliphatic heterocycles. The number of aromatic nitrogens is 4. The Morgan fingerprint density at radius 3 is 2.65 bits per heavy atom. The van der Waals surface area contributed by atoms with Crippen LogP contribution in [0.5, 0.6) is 0 Å². The Morgan fingerprint density at radius 1 is 1.00 bits per heavy atom. The Bertz CT molecular complexity index is 2120. The minimum Gasteiger partial charge on any atom is -0.381 e. The van der Waals surface area contributed by atoms with Crippen molar-refractivity contribution < 1.29 is 13.2 Å². The maximum Gasteiger partial charge on any atom is 0.181 e. The van der Waals surface area contributed by atoms with Crippen LogP contribution >= 0.6 is 11.3 Å². The molecule has 7 heterocycles. The molecule has 2 atom stereocenters. The fraction of sp³-hybridized carbons (Fsp3) is 0.421. The molecule has 8 rings (SSSR count). The van der Waals surface area contributed by atoms with Crippen molar-refractivity contribution in [1.82, 2.24) is 19.9 Å². The number of hydrogen-bond acceptors (Lipinski definition) is 9. The van der Waals surface area contributed by atoms with Gasteiger partial charge in [-0.2, -0.15) is 0 Å². The van der Waals surface area contributed by atoms with Gasteiger partial charge in [0.05, 0.1) is 27.1 Å². The summed E-state index contributed by atoms with van der Waals surface area (Å²) in [5.41, 5.74) is 7.63. The van der Waals surface area contributed by atoms with Gasteiger partial charge in [-0.1, -0.05) is 19.9 Å². The van der Waals surface area contributed by atoms with Crippen LogP contribution < -0.4 is 5.32 Å². The van der Waals surface area contributed by atoms with E-state index < -0.39 is 9.84 Å². The number of aryl methyl sites for hydroxylation is 3. The van der Waals surface area contributed by atoms with Crippen molar-refractivity contribution in [3.8, 4) is 21.6 Å². The van der Waals surface area contributed by atoms with E-state index in [2.05, 4.69) is 47.3 Å². The first kappa shape index (κ1) is 31.5. The van der Waals surface area contributed by atoms with Crippen molar-refractivity contribution in [2.75, 3.05) is 24.3 Å². The largest absolute Gasteiger partial charge is 0.381 e. The van der Waals surface area contributed by atoms with Crippen LogP contribution in [0, 0.1) is 18.8 Å². The zero-order chi connectivity index (χ0) is 33.0. The van der Waals surface area contributed by atoms with E-state index in [1.165, 1.54) is 5.56 Å². The van der Waals surface area contributed by atoms with Crippen LogP contribution in [0.1, 0.15) is 79.8 Å². The Labute approximate surface area is 286 Å². The number of pyridine rings is 4. The van der Waals surface area contributed by atoms with Crippen LogP contribution in [0.3, 0.4) is 0 Å². The quantitative estimate of drug-likeness (QED) is 0.175. The zero-order valence-electron chi connectivity index (χ0n) is 27.7. The number of nitrogens with zero attached hydrogens (tertiary/aromatic N) is 4. The molecule has 5 aromatic rings. The summed E-state index contributed by atoms with van der Waals surface area (Å²) in [6, 6.07) is 12.5. The van der Waals surface area contributed by atoms with Crippen LogP contribution in [0.2, 0.25) is 0 Å². The molecule has 0 amide bonds. The second-order valence-electron chi connectivity index (χ2n) is 13.9. The Morgan fingerprint density at radius 2 is 1.83 bits per heavy atom. The number of ether oxygens (including phenoxy) is 1. The van der Waals surface area contributed by atoms with Gasteiger partial charge in [0.15, 0.2) is 9.84 Å². The van der Waals surface area contributed by atoms with E-state index in [1.807, 2.05) is 43.7 Å². The minimum absolute atomic E-state index is 0.0899. The number of rotatable bonds is 8. The number of sulfone groups is 1. The highest BCUT2D eigenvalue weighted by Gasteiger charge is 2.42. The van der Waals surface area contributed by atoms with E-state index in [9.17, 15) is 8.42 Å². The van der Waals surface area contributed by atoms with Gasteiger partial charge in [-0.3, -0.25) is 15.0 Å². The first-order chi connectivity index (χ1) is 23.3. The molecule has 1 N–H and O–H groups in total. The van der Waals surface area contributed by atoms with Crippen molar-refractivity contribution in [2.45, 2.75) is 76.2 Å². The van der Waals surface area contributed by atoms with Crippen LogP contribution in [-0.2, 0) is 27.4 Å². The summed E-state index contributed by atoms with van der Waals surface area (Å²) in [5, 5.41) is 4.77. The molecule has 1 saturated heterocycles. The van der Waals surface area contributed by atoms with Gasteiger partial charge in [-0.25, -0.2) is 13.4 Å². The number of anilines is 1. The van der Waals surface area contributed by atoms with Crippen LogP contribution in [-0.4, -0.2) is 47.3 Å². The smallest absolute Gasteiger partial charge is 0.181 e. The summed E-state index contributed by atoms with van der Waals surface area (Å²) in [4.78, 5) is 20.6. The van der Waals surface area contributed by atoms with Crippen molar-refractivity contribution in [3.63, 3.8) is 0 Å². The number of nitrogens with one attached hydrogen (secondary N) is 1. The van der Waals surface area contributed by atoms with E-state index in [4.69, 9.17) is 14.7 Å². The average Bonchev–Trinajstić information content (AvgIpc) is 3.78. The highest BCUT2D eigenvalue weighted by atomic mass is 32.2. The van der Waals surface area contributed by atoms with Gasteiger partial charge >= 0.3 is 0 Å². The van der Waals surface area contributed by atoms with Gasteiger partial charge in [0.25, 0.3) is 0 Å². The molecule has 1 fully saturated rings. The van der Waals surface area contributed by atoms with E-state index in [1.54, 1.807) is 11.3 Å². The molecule has 3 aliphatic rings. The average molecular weight is 680 g/mol. The lowest BCUT2D eigenvalue weighted by molar-refractivity contribution is 0.0639. The highest BCUT2D eigenvalue weighted by Crippen LogP contribution is 2.51. The summed E-state index contributed by atoms with van der Waals surface area (Å²) in [6.45, 7) is 7.80. The molecule has 0 aromatic carbocycles. The molecule has 0 bridgehead atoms. The fourth-order valence-corrected chi connectivity index (χ4v) is 11.3. The van der Waals surface area contributed by atoms with Gasteiger partial charge in [0.2, 0.25) is 0 Å². The molecule has 1 aliphatic carbocycles. The standard InChI is InChI=1S/C38H41N5O3S2/c1-22(2)28-21-48(44,45)37-34(32-20-26-11-16-41-38(36(26)47-32)43-30-9-8-29-27(30)5-4-14-40-29)33(25-10-15-39-23(3)19-25)31(42-35(28)37)7-6-24-12-17-46-18-13-24/h4-5,10-11,14-16,19-20,22,24,28,30H,6-9,12-13,17-18,21H2,1-3H3,(H,41,43)/t28-,30-/m1/s1. The number of fused-ring (bicyclic) bond motifs is 3. The molecule has 0 unspecified atom stereocenters. The molecule has 0 saturated carbocycles. The first-order valence-electron chi connectivity index (χ1n) is 17.2. The second-order valence-corrected chi connectivity index (χ2v) is 16.9. The molecule has 8 nitrogen and oxygen atoms in total. The van der Waals surface area contributed by atoms with Crippen LogP contribution in [0.25, 0.3) is 31.7 Å². The van der Waals surface area contributed by atoms with E-state index in [-0.39, 0.29) is 23.6 Å². The van der Waals surface area contributed by atoms with E-state index in [0.717, 1.165) is 112 Å². The molecule has 0 radical (unpaired) electrons. The molecule has 5 aromatic heterocycles. The third kappa shape index (κ3) is 5.71. The molecule has 48 heavy (non-hydrogen) atoms. The monoisotopic (exact) mass is 679 g/mol. The summed E-state index contributed by atoms with van der Waals surface area (Å²) >= 11 is 1.62. The molecular formula is C38H41N5O3S2. The van der Waals surface area contributed by atoms with Gasteiger partial charge in [0, 0.05) is 70.8 Å². The van der Waals surface area contributed by atoms with Gasteiger partial charge in [-0.05, 0) is 104 Å². The lowest BCUT2D eigenvalue weighted by Gasteiger charge is -2.24. The zero-order valence-corrected chi connectivity index (χ0v) is 29.3. The summed E-state index contributed by atoms with van der Waals surface area (Å²) in [5.74, 6) is 1.47. The predicted octanol–water partition coefficient (Wildman–Crippen LogP) is 8.11. The van der Waals surface area contributed by atoms with Gasteiger partial charge < -0.3 is 10.1 Å². The molecule has 0 spiro atoms. The van der Waals surface area contributed by atoms with Crippen molar-refractivity contribution in [3.05, 3.63) is 83.3 Å². The third-order valence-electron chi connectivity index (χ3n) is 10.4. The SMILES string of the molecule is Cc1cc(-c2c(CCC3CCOCC3)nc3c(c2-c2cc4ccnc(N[C@@H]5CCc6ncccc65)c4s2)S(=O)(=O)C[C@@H]3C(C)C)ccn1. The van der Waals surface area contributed by atoms with Crippen LogP contribution in [0.15, 0.2) is 59.9 Å². The number of hydrogen-bond donors (Lipinski definition) is 1. The third-order valence-corrected chi connectivity index (χ3v) is 13.4. The van der Waals surface area contributed by atoms with E-state index in [0.29, 0.717) is 10.8 Å². The lowest BCUT2D eigenvalue weighted by Crippen LogP contribution is -2.17. The van der Waals surface area contributed by atoms with Crippen molar-refractivity contribution in [1.29, 1.82) is 0 Å². The normalized spacial score (nSPS) is 20.3. The molecular weight excluding hydrogens is 639 g/mol. The Balaban J connectivity index is 1.33. The predicted molar refractivity (Wildman–Crippen MR) is 191 cm³/mol. The lowest BCUT2D eigenvalue weighted by atomic mass is 9.87.